The number of halogens is 3. The summed E-state index contributed by atoms with van der Waals surface area (Å²) in [5.74, 6) is -1.58. The second kappa shape index (κ2) is 11.8. The average molecular weight is 531 g/mol. The minimum atomic E-state index is -1.56. The molecular weight excluding hydrogens is 493 g/mol. The topological polar surface area (TPSA) is 54.6 Å². The quantitative estimate of drug-likeness (QED) is 0.214. The van der Waals surface area contributed by atoms with Crippen molar-refractivity contribution in [3.05, 3.63) is 64.9 Å². The molecule has 2 aromatic carbocycles. The first-order chi connectivity index (χ1) is 18.1. The fourth-order valence-electron chi connectivity index (χ4n) is 5.38. The number of hydrogen-bond acceptors (Lipinski definition) is 4. The van der Waals surface area contributed by atoms with Gasteiger partial charge in [-0.15, -0.1) is 0 Å². The minimum absolute atomic E-state index is 0.0244. The molecule has 5 nitrogen and oxygen atoms in total. The second-order valence-corrected chi connectivity index (χ2v) is 10.7. The van der Waals surface area contributed by atoms with E-state index in [0.29, 0.717) is 38.0 Å². The standard InChI is InChI=1S/C30H37F3N2O3/c1-5-37-26(36)13-7-6-10-14-38-20-16-23(31)27(24(32)17-20)29-28-22(21-11-8-9-12-25(21)34-28)15-19(2)35(29)18-30(3,4)33/h8-9,11-12,16-17,19,29,34H,5-7,10,13-15,18H2,1-4H3/t19-,29-/m1/s1. The summed E-state index contributed by atoms with van der Waals surface area (Å²) in [5, 5.41) is 1.02. The lowest BCUT2D eigenvalue weighted by molar-refractivity contribution is -0.143. The van der Waals surface area contributed by atoms with Crippen LogP contribution in [-0.4, -0.2) is 47.3 Å². The third-order valence-electron chi connectivity index (χ3n) is 7.00. The number of ether oxygens (including phenoxy) is 2. The first-order valence-corrected chi connectivity index (χ1v) is 13.4. The van der Waals surface area contributed by atoms with E-state index >= 15 is 8.78 Å². The fraction of sp³-hybridized carbons (Fsp3) is 0.500. The van der Waals surface area contributed by atoms with E-state index in [1.54, 1.807) is 6.92 Å². The monoisotopic (exact) mass is 530 g/mol. The normalized spacial score (nSPS) is 18.0. The Bertz CT molecular complexity index is 1240. The molecule has 1 aliphatic heterocycles. The van der Waals surface area contributed by atoms with Gasteiger partial charge in [0.05, 0.1) is 19.3 Å². The number of fused-ring (bicyclic) bond motifs is 3. The van der Waals surface area contributed by atoms with Crippen LogP contribution in [0.4, 0.5) is 13.2 Å². The van der Waals surface area contributed by atoms with Gasteiger partial charge in [-0.25, -0.2) is 13.2 Å². The van der Waals surface area contributed by atoms with E-state index in [0.717, 1.165) is 22.9 Å². The fourth-order valence-corrected chi connectivity index (χ4v) is 5.38. The number of carbonyl (C=O) groups is 1. The van der Waals surface area contributed by atoms with Crippen molar-refractivity contribution in [3.63, 3.8) is 0 Å². The largest absolute Gasteiger partial charge is 0.493 e. The lowest BCUT2D eigenvalue weighted by Crippen LogP contribution is -2.48. The number of H-pyrrole nitrogens is 1. The number of alkyl halides is 1. The van der Waals surface area contributed by atoms with Crippen molar-refractivity contribution in [1.29, 1.82) is 0 Å². The Hall–Kier alpha value is -3.00. The van der Waals surface area contributed by atoms with Crippen LogP contribution in [0, 0.1) is 11.6 Å². The van der Waals surface area contributed by atoms with Crippen LogP contribution in [0.2, 0.25) is 0 Å². The highest BCUT2D eigenvalue weighted by Gasteiger charge is 2.41. The van der Waals surface area contributed by atoms with Gasteiger partial charge >= 0.3 is 5.97 Å². The van der Waals surface area contributed by atoms with Gasteiger partial charge in [0, 0.05) is 53.3 Å². The SMILES string of the molecule is CCOC(=O)CCCCCOc1cc(F)c([C@@H]2c3[nH]c4ccccc4c3C[C@@H](C)N2CC(C)(C)F)c(F)c1. The first kappa shape index (κ1) is 28.0. The molecule has 3 aromatic rings. The molecular formula is C30H37F3N2O3. The maximum atomic E-state index is 15.7. The number of para-hydroxylation sites is 1. The molecule has 0 radical (unpaired) electrons. The molecule has 8 heteroatoms. The third-order valence-corrected chi connectivity index (χ3v) is 7.00. The molecule has 0 unspecified atom stereocenters. The van der Waals surface area contributed by atoms with Crippen LogP contribution in [0.15, 0.2) is 36.4 Å². The number of unbranched alkanes of at least 4 members (excludes halogenated alkanes) is 2. The number of rotatable bonds is 11. The minimum Gasteiger partial charge on any atom is -0.493 e. The summed E-state index contributed by atoms with van der Waals surface area (Å²) < 4.78 is 56.8. The van der Waals surface area contributed by atoms with Crippen LogP contribution in [0.5, 0.6) is 5.75 Å². The molecule has 38 heavy (non-hydrogen) atoms. The summed E-state index contributed by atoms with van der Waals surface area (Å²) >= 11 is 0. The molecule has 0 bridgehead atoms. The highest BCUT2D eigenvalue weighted by atomic mass is 19.1. The Morgan fingerprint density at radius 1 is 1.13 bits per heavy atom. The zero-order valence-electron chi connectivity index (χ0n) is 22.6. The first-order valence-electron chi connectivity index (χ1n) is 13.4. The van der Waals surface area contributed by atoms with Gasteiger partial charge < -0.3 is 14.5 Å². The van der Waals surface area contributed by atoms with Gasteiger partial charge in [-0.05, 0) is 65.0 Å². The molecule has 1 aliphatic rings. The zero-order chi connectivity index (χ0) is 27.4. The smallest absolute Gasteiger partial charge is 0.305 e. The molecule has 2 atom stereocenters. The predicted molar refractivity (Wildman–Crippen MR) is 142 cm³/mol. The molecule has 0 spiro atoms. The van der Waals surface area contributed by atoms with Crippen LogP contribution in [0.1, 0.15) is 76.2 Å². The van der Waals surface area contributed by atoms with Gasteiger partial charge in [-0.2, -0.15) is 0 Å². The molecule has 0 amide bonds. The summed E-state index contributed by atoms with van der Waals surface area (Å²) in [4.78, 5) is 16.6. The molecule has 1 N–H and O–H groups in total. The van der Waals surface area contributed by atoms with Gasteiger partial charge in [0.1, 0.15) is 23.1 Å². The lowest BCUT2D eigenvalue weighted by Gasteiger charge is -2.43. The van der Waals surface area contributed by atoms with Crippen molar-refractivity contribution >= 4 is 16.9 Å². The van der Waals surface area contributed by atoms with E-state index in [1.165, 1.54) is 26.0 Å². The Kier molecular flexibility index (Phi) is 8.71. The van der Waals surface area contributed by atoms with E-state index in [-0.39, 0.29) is 36.5 Å². The molecule has 1 aromatic heterocycles. The van der Waals surface area contributed by atoms with Gasteiger partial charge in [0.25, 0.3) is 0 Å². The number of nitrogens with one attached hydrogen (secondary N) is 1. The Morgan fingerprint density at radius 2 is 1.84 bits per heavy atom. The molecule has 0 saturated carbocycles. The van der Waals surface area contributed by atoms with Gasteiger partial charge in [0.15, 0.2) is 0 Å². The van der Waals surface area contributed by atoms with Crippen molar-refractivity contribution in [1.82, 2.24) is 9.88 Å². The summed E-state index contributed by atoms with van der Waals surface area (Å²) in [7, 11) is 0. The number of esters is 1. The number of aromatic amines is 1. The Labute approximate surface area is 222 Å². The van der Waals surface area contributed by atoms with Crippen molar-refractivity contribution < 1.29 is 27.4 Å². The lowest BCUT2D eigenvalue weighted by atomic mass is 9.87. The van der Waals surface area contributed by atoms with Gasteiger partial charge in [0.2, 0.25) is 0 Å². The van der Waals surface area contributed by atoms with Gasteiger partial charge in [-0.1, -0.05) is 18.2 Å². The van der Waals surface area contributed by atoms with Crippen molar-refractivity contribution in [2.24, 2.45) is 0 Å². The zero-order valence-corrected chi connectivity index (χ0v) is 22.6. The van der Waals surface area contributed by atoms with E-state index in [4.69, 9.17) is 9.47 Å². The van der Waals surface area contributed by atoms with Crippen molar-refractivity contribution in [2.45, 2.75) is 77.6 Å². The van der Waals surface area contributed by atoms with Crippen molar-refractivity contribution in [3.8, 4) is 5.75 Å². The molecule has 4 rings (SSSR count). The van der Waals surface area contributed by atoms with E-state index < -0.39 is 23.3 Å². The highest BCUT2D eigenvalue weighted by molar-refractivity contribution is 5.85. The Balaban J connectivity index is 1.57. The van der Waals surface area contributed by atoms with Crippen LogP contribution in [0.3, 0.4) is 0 Å². The predicted octanol–water partition coefficient (Wildman–Crippen LogP) is 7.03. The number of aromatic nitrogens is 1. The van der Waals surface area contributed by atoms with E-state index in [1.807, 2.05) is 36.1 Å². The third kappa shape index (κ3) is 6.34. The molecule has 0 fully saturated rings. The number of hydrogen-bond donors (Lipinski definition) is 1. The molecule has 206 valence electrons. The molecule has 0 aliphatic carbocycles. The number of nitrogens with zero attached hydrogens (tertiary/aromatic N) is 1. The van der Waals surface area contributed by atoms with Crippen molar-refractivity contribution in [2.75, 3.05) is 19.8 Å². The summed E-state index contributed by atoms with van der Waals surface area (Å²) in [6.45, 7) is 7.36. The van der Waals surface area contributed by atoms with Crippen LogP contribution in [0.25, 0.3) is 10.9 Å². The van der Waals surface area contributed by atoms with Crippen LogP contribution < -0.4 is 4.74 Å². The average Bonchev–Trinajstić information content (AvgIpc) is 3.20. The maximum Gasteiger partial charge on any atom is 0.305 e. The van der Waals surface area contributed by atoms with Gasteiger partial charge in [-0.3, -0.25) is 9.69 Å². The number of carbonyl (C=O) groups excluding carboxylic acids is 1. The summed E-state index contributed by atoms with van der Waals surface area (Å²) in [5.41, 5.74) is 0.920. The molecule has 2 heterocycles. The Morgan fingerprint density at radius 3 is 2.53 bits per heavy atom. The van der Waals surface area contributed by atoms with E-state index in [9.17, 15) is 9.18 Å². The maximum absolute atomic E-state index is 15.7. The van der Waals surface area contributed by atoms with Crippen LogP contribution >= 0.6 is 0 Å². The second-order valence-electron chi connectivity index (χ2n) is 10.7. The van der Waals surface area contributed by atoms with Crippen LogP contribution in [-0.2, 0) is 16.0 Å². The molecule has 0 saturated heterocycles. The van der Waals surface area contributed by atoms with E-state index in [2.05, 4.69) is 4.98 Å². The summed E-state index contributed by atoms with van der Waals surface area (Å²) in [6.07, 6.45) is 3.03. The summed E-state index contributed by atoms with van der Waals surface area (Å²) in [6, 6.07) is 9.26. The number of benzene rings is 2. The highest BCUT2D eigenvalue weighted by Crippen LogP contribution is 2.43.